The first-order chi connectivity index (χ1) is 12.7. The molecule has 0 aliphatic rings. The fourth-order valence-corrected chi connectivity index (χ4v) is 3.30. The van der Waals surface area contributed by atoms with Crippen molar-refractivity contribution < 1.29 is 4.79 Å². The Balaban J connectivity index is 1.94. The van der Waals surface area contributed by atoms with Crippen molar-refractivity contribution in [3.05, 3.63) is 92.8 Å². The van der Waals surface area contributed by atoms with Crippen molar-refractivity contribution in [3.8, 4) is 0 Å². The van der Waals surface area contributed by atoms with E-state index in [0.29, 0.717) is 15.9 Å². The van der Waals surface area contributed by atoms with Gasteiger partial charge >= 0.3 is 0 Å². The number of para-hydroxylation sites is 2. The van der Waals surface area contributed by atoms with E-state index in [2.05, 4.69) is 15.0 Å². The van der Waals surface area contributed by atoms with E-state index < -0.39 is 5.56 Å². The summed E-state index contributed by atoms with van der Waals surface area (Å²) >= 11 is 1.33. The Kier molecular flexibility index (Phi) is 4.25. The predicted octanol–water partition coefficient (Wildman–Crippen LogP) is 3.80. The van der Waals surface area contributed by atoms with Gasteiger partial charge < -0.3 is 4.98 Å². The lowest BCUT2D eigenvalue weighted by molar-refractivity contribution is 0.106. The molecular formula is C20H13N3O2S. The summed E-state index contributed by atoms with van der Waals surface area (Å²) in [6.07, 6.45) is 4.94. The van der Waals surface area contributed by atoms with Crippen molar-refractivity contribution in [2.45, 2.75) is 0 Å². The van der Waals surface area contributed by atoms with Crippen LogP contribution in [0.1, 0.15) is 20.9 Å². The lowest BCUT2D eigenvalue weighted by atomic mass is 10.0. The van der Waals surface area contributed by atoms with E-state index in [9.17, 15) is 9.59 Å². The van der Waals surface area contributed by atoms with Gasteiger partial charge in [-0.05, 0) is 41.3 Å². The van der Waals surface area contributed by atoms with Crippen LogP contribution in [0.5, 0.6) is 0 Å². The minimum Gasteiger partial charge on any atom is -0.319 e. The average molecular weight is 359 g/mol. The van der Waals surface area contributed by atoms with E-state index in [0.717, 1.165) is 5.56 Å². The predicted molar refractivity (Wildman–Crippen MR) is 103 cm³/mol. The van der Waals surface area contributed by atoms with Gasteiger partial charge in [0, 0.05) is 12.4 Å². The van der Waals surface area contributed by atoms with Crippen LogP contribution in [0.4, 0.5) is 0 Å². The van der Waals surface area contributed by atoms with E-state index in [-0.39, 0.29) is 17.1 Å². The van der Waals surface area contributed by atoms with Crippen molar-refractivity contribution >= 4 is 39.8 Å². The van der Waals surface area contributed by atoms with Gasteiger partial charge in [0.05, 0.1) is 21.5 Å². The highest BCUT2D eigenvalue weighted by atomic mass is 32.1. The number of H-pyrrole nitrogens is 1. The maximum atomic E-state index is 13.0. The molecule has 0 aliphatic heterocycles. The maximum Gasteiger partial charge on any atom is 0.275 e. The Hall–Kier alpha value is -3.38. The molecule has 3 aromatic heterocycles. The van der Waals surface area contributed by atoms with E-state index in [4.69, 9.17) is 0 Å². The van der Waals surface area contributed by atoms with Crippen LogP contribution >= 0.6 is 11.3 Å². The van der Waals surface area contributed by atoms with Gasteiger partial charge in [0.1, 0.15) is 5.69 Å². The molecule has 0 amide bonds. The van der Waals surface area contributed by atoms with Crippen molar-refractivity contribution in [1.29, 1.82) is 0 Å². The lowest BCUT2D eigenvalue weighted by Crippen LogP contribution is -2.18. The number of hydrogen-bond acceptors (Lipinski definition) is 5. The molecule has 0 radical (unpaired) electrons. The second-order valence-corrected chi connectivity index (χ2v) is 6.53. The summed E-state index contributed by atoms with van der Waals surface area (Å²) < 4.78 is 0. The van der Waals surface area contributed by atoms with E-state index in [1.54, 1.807) is 48.8 Å². The summed E-state index contributed by atoms with van der Waals surface area (Å²) in [4.78, 5) is 37.5. The first kappa shape index (κ1) is 16.1. The molecule has 0 unspecified atom stereocenters. The fourth-order valence-electron chi connectivity index (χ4n) is 2.62. The molecule has 0 bridgehead atoms. The third kappa shape index (κ3) is 3.10. The summed E-state index contributed by atoms with van der Waals surface area (Å²) in [5.41, 5.74) is 1.92. The number of nitrogens with zero attached hydrogens (tertiary/aromatic N) is 2. The summed E-state index contributed by atoms with van der Waals surface area (Å²) in [6.45, 7) is 0. The van der Waals surface area contributed by atoms with Crippen LogP contribution in [0, 0.1) is 0 Å². The number of nitrogens with one attached hydrogen (secondary N) is 1. The molecule has 4 aromatic rings. The highest BCUT2D eigenvalue weighted by Crippen LogP contribution is 2.23. The Morgan fingerprint density at radius 1 is 1.08 bits per heavy atom. The van der Waals surface area contributed by atoms with Crippen LogP contribution in [0.25, 0.3) is 22.7 Å². The Labute approximate surface area is 152 Å². The summed E-state index contributed by atoms with van der Waals surface area (Å²) in [5.74, 6) is -0.239. The minimum atomic E-state index is -0.399. The third-order valence-corrected chi connectivity index (χ3v) is 4.71. The van der Waals surface area contributed by atoms with Gasteiger partial charge in [0.25, 0.3) is 5.56 Å². The van der Waals surface area contributed by atoms with E-state index in [1.165, 1.54) is 11.3 Å². The van der Waals surface area contributed by atoms with E-state index >= 15 is 0 Å². The number of thiophene rings is 1. The quantitative estimate of drug-likeness (QED) is 0.444. The van der Waals surface area contributed by atoms with Gasteiger partial charge in [-0.15, -0.1) is 11.3 Å². The number of Topliss-reactive ketones (excluding diaryl/α,β-unsaturated/α-hetero) is 1. The fraction of sp³-hybridized carbons (Fsp3) is 0. The number of pyridine rings is 1. The minimum absolute atomic E-state index is 0.103. The van der Waals surface area contributed by atoms with Crippen molar-refractivity contribution in [2.75, 3.05) is 0 Å². The highest BCUT2D eigenvalue weighted by Gasteiger charge is 2.20. The number of aromatic amines is 1. The number of aromatic nitrogens is 3. The molecular weight excluding hydrogens is 346 g/mol. The lowest BCUT2D eigenvalue weighted by Gasteiger charge is -2.06. The zero-order valence-corrected chi connectivity index (χ0v) is 14.4. The highest BCUT2D eigenvalue weighted by molar-refractivity contribution is 7.12. The first-order valence-electron chi connectivity index (χ1n) is 7.92. The van der Waals surface area contributed by atoms with Gasteiger partial charge in [0.15, 0.2) is 0 Å². The first-order valence-corrected chi connectivity index (χ1v) is 8.80. The van der Waals surface area contributed by atoms with Crippen LogP contribution in [0.15, 0.2) is 71.1 Å². The molecule has 0 saturated heterocycles. The molecule has 1 N–H and O–H groups in total. The number of rotatable bonds is 4. The molecule has 0 saturated carbocycles. The molecule has 5 nitrogen and oxygen atoms in total. The molecule has 1 aromatic carbocycles. The topological polar surface area (TPSA) is 75.7 Å². The van der Waals surface area contributed by atoms with Crippen LogP contribution in [-0.4, -0.2) is 20.7 Å². The van der Waals surface area contributed by atoms with Crippen molar-refractivity contribution in [1.82, 2.24) is 15.0 Å². The summed E-state index contributed by atoms with van der Waals surface area (Å²) in [7, 11) is 0. The second kappa shape index (κ2) is 6.85. The number of carbonyl (C=O) groups excluding carboxylic acids is 1. The number of ketones is 1. The van der Waals surface area contributed by atoms with Crippen LogP contribution in [0.3, 0.4) is 0 Å². The van der Waals surface area contributed by atoms with Gasteiger partial charge in [-0.2, -0.15) is 0 Å². The number of allylic oxidation sites excluding steroid dienone is 1. The standard InChI is InChI=1S/C20H13N3O2S/c24-19(17-8-4-10-26-17)14(11-13-5-3-9-21-12-13)18-20(25)23-16-7-2-1-6-15(16)22-18/h1-12H,(H,23,25). The summed E-state index contributed by atoms with van der Waals surface area (Å²) in [5, 5.41) is 1.83. The van der Waals surface area contributed by atoms with Gasteiger partial charge in [-0.1, -0.05) is 24.3 Å². The SMILES string of the molecule is O=C(C(=Cc1cccnc1)c1nc2ccccc2[nH]c1=O)c1cccs1. The number of hydrogen-bond donors (Lipinski definition) is 1. The van der Waals surface area contributed by atoms with Crippen molar-refractivity contribution in [2.24, 2.45) is 0 Å². The molecule has 126 valence electrons. The largest absolute Gasteiger partial charge is 0.319 e. The third-order valence-electron chi connectivity index (χ3n) is 3.84. The number of carbonyl (C=O) groups is 1. The van der Waals surface area contributed by atoms with Crippen LogP contribution in [-0.2, 0) is 0 Å². The molecule has 0 aliphatic carbocycles. The Bertz CT molecular complexity index is 1160. The zero-order valence-electron chi connectivity index (χ0n) is 13.5. The molecule has 6 heteroatoms. The molecule has 0 spiro atoms. The monoisotopic (exact) mass is 359 g/mol. The number of fused-ring (bicyclic) bond motifs is 1. The van der Waals surface area contributed by atoms with Gasteiger partial charge in [0.2, 0.25) is 5.78 Å². The van der Waals surface area contributed by atoms with Crippen LogP contribution in [0.2, 0.25) is 0 Å². The zero-order chi connectivity index (χ0) is 17.9. The molecule has 4 rings (SSSR count). The smallest absolute Gasteiger partial charge is 0.275 e. The van der Waals surface area contributed by atoms with Gasteiger partial charge in [-0.25, -0.2) is 4.98 Å². The Morgan fingerprint density at radius 2 is 1.96 bits per heavy atom. The van der Waals surface area contributed by atoms with E-state index in [1.807, 2.05) is 23.6 Å². The molecule has 0 atom stereocenters. The second-order valence-electron chi connectivity index (χ2n) is 5.58. The Morgan fingerprint density at radius 3 is 2.73 bits per heavy atom. The number of benzene rings is 1. The maximum absolute atomic E-state index is 13.0. The summed E-state index contributed by atoms with van der Waals surface area (Å²) in [6, 6.07) is 14.4. The van der Waals surface area contributed by atoms with Gasteiger partial charge in [-0.3, -0.25) is 14.6 Å². The van der Waals surface area contributed by atoms with Crippen molar-refractivity contribution in [3.63, 3.8) is 0 Å². The van der Waals surface area contributed by atoms with Crippen LogP contribution < -0.4 is 5.56 Å². The molecule has 3 heterocycles. The molecule has 26 heavy (non-hydrogen) atoms. The average Bonchev–Trinajstić information content (AvgIpc) is 3.21. The normalized spacial score (nSPS) is 11.6. The molecule has 0 fully saturated rings.